The molecule has 7 nitrogen and oxygen atoms in total. The first-order chi connectivity index (χ1) is 10.6. The van der Waals surface area contributed by atoms with E-state index in [0.29, 0.717) is 10.6 Å². The van der Waals surface area contributed by atoms with E-state index in [9.17, 15) is 14.4 Å². The van der Waals surface area contributed by atoms with Gasteiger partial charge in [0.15, 0.2) is 0 Å². The predicted octanol–water partition coefficient (Wildman–Crippen LogP) is 1.60. The smallest absolute Gasteiger partial charge is 0.373 e. The van der Waals surface area contributed by atoms with Gasteiger partial charge in [0.1, 0.15) is 18.9 Å². The summed E-state index contributed by atoms with van der Waals surface area (Å²) >= 11 is 1.28. The number of ether oxygens (including phenoxy) is 2. The Labute approximate surface area is 129 Å². The van der Waals surface area contributed by atoms with Gasteiger partial charge in [-0.25, -0.2) is 4.79 Å². The molecule has 0 atom stereocenters. The molecule has 1 N–H and O–H groups in total. The maximum atomic E-state index is 11.6. The minimum atomic E-state index is -0.610. The Balaban J connectivity index is 1.75. The van der Waals surface area contributed by atoms with Crippen molar-refractivity contribution >= 4 is 29.2 Å². The van der Waals surface area contributed by atoms with Crippen LogP contribution in [0.1, 0.15) is 26.0 Å². The maximum absolute atomic E-state index is 11.6. The summed E-state index contributed by atoms with van der Waals surface area (Å²) in [6, 6.07) is 6.33. The SMILES string of the molecule is COC(=O)c1ccc(COC(=O)CNC(=O)c2cccs2)o1. The summed E-state index contributed by atoms with van der Waals surface area (Å²) in [7, 11) is 1.24. The molecule has 2 heterocycles. The first-order valence-electron chi connectivity index (χ1n) is 6.24. The summed E-state index contributed by atoms with van der Waals surface area (Å²) in [5, 5.41) is 4.21. The van der Waals surface area contributed by atoms with Crippen molar-refractivity contribution in [3.8, 4) is 0 Å². The van der Waals surface area contributed by atoms with Gasteiger partial charge in [-0.2, -0.15) is 0 Å². The molecule has 22 heavy (non-hydrogen) atoms. The third-order valence-corrected chi connectivity index (χ3v) is 3.43. The highest BCUT2D eigenvalue weighted by Gasteiger charge is 2.13. The van der Waals surface area contributed by atoms with Gasteiger partial charge in [0.2, 0.25) is 5.76 Å². The van der Waals surface area contributed by atoms with Crippen LogP contribution in [0.15, 0.2) is 34.1 Å². The molecule has 1 amide bonds. The van der Waals surface area contributed by atoms with Crippen molar-refractivity contribution in [2.75, 3.05) is 13.7 Å². The fourth-order valence-corrected chi connectivity index (χ4v) is 2.16. The normalized spacial score (nSPS) is 10.0. The molecule has 0 aliphatic rings. The molecule has 0 unspecified atom stereocenters. The monoisotopic (exact) mass is 323 g/mol. The number of esters is 2. The molecule has 8 heteroatoms. The van der Waals surface area contributed by atoms with Crippen molar-refractivity contribution in [3.05, 3.63) is 46.0 Å². The van der Waals surface area contributed by atoms with Gasteiger partial charge in [-0.05, 0) is 23.6 Å². The molecule has 0 saturated heterocycles. The second-order valence-corrected chi connectivity index (χ2v) is 5.03. The van der Waals surface area contributed by atoms with Gasteiger partial charge in [0.05, 0.1) is 12.0 Å². The highest BCUT2D eigenvalue weighted by molar-refractivity contribution is 7.12. The average molecular weight is 323 g/mol. The van der Waals surface area contributed by atoms with Crippen molar-refractivity contribution in [2.24, 2.45) is 0 Å². The van der Waals surface area contributed by atoms with Crippen LogP contribution in [0.4, 0.5) is 0 Å². The third kappa shape index (κ3) is 4.19. The predicted molar refractivity (Wildman–Crippen MR) is 76.5 cm³/mol. The van der Waals surface area contributed by atoms with Crippen LogP contribution in [0.2, 0.25) is 0 Å². The summed E-state index contributed by atoms with van der Waals surface area (Å²) in [4.78, 5) is 34.8. The Kier molecular flexibility index (Phi) is 5.31. The van der Waals surface area contributed by atoms with Gasteiger partial charge in [-0.3, -0.25) is 9.59 Å². The highest BCUT2D eigenvalue weighted by Crippen LogP contribution is 2.10. The molecule has 0 aliphatic carbocycles. The lowest BCUT2D eigenvalue weighted by Gasteiger charge is -2.04. The van der Waals surface area contributed by atoms with Gasteiger partial charge >= 0.3 is 11.9 Å². The molecular weight excluding hydrogens is 310 g/mol. The van der Waals surface area contributed by atoms with Crippen LogP contribution in [-0.4, -0.2) is 31.5 Å². The van der Waals surface area contributed by atoms with Crippen molar-refractivity contribution in [3.63, 3.8) is 0 Å². The van der Waals surface area contributed by atoms with Gasteiger partial charge in [-0.1, -0.05) is 6.07 Å². The van der Waals surface area contributed by atoms with Crippen LogP contribution in [-0.2, 0) is 20.9 Å². The van der Waals surface area contributed by atoms with E-state index >= 15 is 0 Å². The van der Waals surface area contributed by atoms with E-state index in [1.807, 2.05) is 0 Å². The first kappa shape index (κ1) is 15.8. The Morgan fingerprint density at radius 3 is 2.77 bits per heavy atom. The Morgan fingerprint density at radius 1 is 1.27 bits per heavy atom. The van der Waals surface area contributed by atoms with E-state index in [4.69, 9.17) is 9.15 Å². The van der Waals surface area contributed by atoms with E-state index < -0.39 is 11.9 Å². The highest BCUT2D eigenvalue weighted by atomic mass is 32.1. The Bertz CT molecular complexity index is 661. The molecule has 2 aromatic heterocycles. The lowest BCUT2D eigenvalue weighted by Crippen LogP contribution is -2.30. The number of amides is 1. The van der Waals surface area contributed by atoms with Gasteiger partial charge in [0.25, 0.3) is 5.91 Å². The van der Waals surface area contributed by atoms with Crippen molar-refractivity contribution in [1.82, 2.24) is 5.32 Å². The second-order valence-electron chi connectivity index (χ2n) is 4.08. The van der Waals surface area contributed by atoms with Crippen molar-refractivity contribution < 1.29 is 28.3 Å². The fraction of sp³-hybridized carbons (Fsp3) is 0.214. The van der Waals surface area contributed by atoms with E-state index in [0.717, 1.165) is 0 Å². The molecule has 116 valence electrons. The van der Waals surface area contributed by atoms with E-state index in [1.54, 1.807) is 17.5 Å². The van der Waals surface area contributed by atoms with Gasteiger partial charge < -0.3 is 19.2 Å². The number of thiophene rings is 1. The number of carbonyl (C=O) groups excluding carboxylic acids is 3. The number of nitrogens with one attached hydrogen (secondary N) is 1. The molecule has 0 radical (unpaired) electrons. The summed E-state index contributed by atoms with van der Waals surface area (Å²) in [6.45, 7) is -0.383. The summed E-state index contributed by atoms with van der Waals surface area (Å²) in [5.41, 5.74) is 0. The molecule has 0 saturated carbocycles. The van der Waals surface area contributed by atoms with Crippen LogP contribution < -0.4 is 5.32 Å². The van der Waals surface area contributed by atoms with Crippen LogP contribution in [0.25, 0.3) is 0 Å². The zero-order valence-corrected chi connectivity index (χ0v) is 12.5. The summed E-state index contributed by atoms with van der Waals surface area (Å²) in [5.74, 6) is -1.22. The standard InChI is InChI=1S/C14H13NO6S/c1-19-14(18)10-5-4-9(21-10)8-20-12(16)7-15-13(17)11-3-2-6-22-11/h2-6H,7-8H2,1H3,(H,15,17). The number of hydrogen-bond donors (Lipinski definition) is 1. The van der Waals surface area contributed by atoms with E-state index in [-0.39, 0.29) is 24.8 Å². The summed E-state index contributed by atoms with van der Waals surface area (Å²) < 4.78 is 14.5. The zero-order chi connectivity index (χ0) is 15.9. The first-order valence-corrected chi connectivity index (χ1v) is 7.12. The minimum Gasteiger partial charge on any atom is -0.463 e. The molecule has 2 aromatic rings. The molecule has 2 rings (SSSR count). The molecule has 0 bridgehead atoms. The molecule has 0 spiro atoms. The van der Waals surface area contributed by atoms with E-state index in [1.165, 1.54) is 30.6 Å². The molecule has 0 aliphatic heterocycles. The largest absolute Gasteiger partial charge is 0.463 e. The number of furan rings is 1. The van der Waals surface area contributed by atoms with Gasteiger partial charge in [0, 0.05) is 0 Å². The van der Waals surface area contributed by atoms with Crippen molar-refractivity contribution in [2.45, 2.75) is 6.61 Å². The van der Waals surface area contributed by atoms with Crippen LogP contribution >= 0.6 is 11.3 Å². The second kappa shape index (κ2) is 7.41. The minimum absolute atomic E-state index is 0.0274. The lowest BCUT2D eigenvalue weighted by atomic mass is 10.4. The van der Waals surface area contributed by atoms with Crippen LogP contribution in [0, 0.1) is 0 Å². The number of carbonyl (C=O) groups is 3. The fourth-order valence-electron chi connectivity index (χ4n) is 1.52. The van der Waals surface area contributed by atoms with Crippen LogP contribution in [0.3, 0.4) is 0 Å². The zero-order valence-electron chi connectivity index (χ0n) is 11.7. The van der Waals surface area contributed by atoms with Crippen molar-refractivity contribution in [1.29, 1.82) is 0 Å². The average Bonchev–Trinajstić information content (AvgIpc) is 3.20. The lowest BCUT2D eigenvalue weighted by molar-refractivity contribution is -0.144. The van der Waals surface area contributed by atoms with Crippen LogP contribution in [0.5, 0.6) is 0 Å². The Morgan fingerprint density at radius 2 is 2.09 bits per heavy atom. The molecule has 0 aromatic carbocycles. The topological polar surface area (TPSA) is 94.8 Å². The third-order valence-electron chi connectivity index (χ3n) is 2.56. The molecule has 0 fully saturated rings. The number of rotatable bonds is 6. The maximum Gasteiger partial charge on any atom is 0.373 e. The summed E-state index contributed by atoms with van der Waals surface area (Å²) in [6.07, 6.45) is 0. The quantitative estimate of drug-likeness (QED) is 0.811. The van der Waals surface area contributed by atoms with E-state index in [2.05, 4.69) is 10.1 Å². The van der Waals surface area contributed by atoms with Gasteiger partial charge in [-0.15, -0.1) is 11.3 Å². The Hall–Kier alpha value is -2.61. The number of methoxy groups -OCH3 is 1. The molecular formula is C14H13NO6S. The number of hydrogen-bond acceptors (Lipinski definition) is 7.